The molecule has 0 aliphatic carbocycles. The van der Waals surface area contributed by atoms with Gasteiger partial charge in [-0.1, -0.05) is 23.2 Å². The number of hydrogen-bond acceptors (Lipinski definition) is 3. The smallest absolute Gasteiger partial charge is 0.300 e. The highest BCUT2D eigenvalue weighted by atomic mass is 35.5. The van der Waals surface area contributed by atoms with Gasteiger partial charge in [-0.05, 0) is 12.1 Å². The Balaban J connectivity index is 2.10. The summed E-state index contributed by atoms with van der Waals surface area (Å²) in [7, 11) is 1.66. The number of rotatable bonds is 2. The van der Waals surface area contributed by atoms with Crippen molar-refractivity contribution in [3.05, 3.63) is 45.7 Å². The summed E-state index contributed by atoms with van der Waals surface area (Å²) in [6, 6.07) is 2.37. The summed E-state index contributed by atoms with van der Waals surface area (Å²) in [6.45, 7) is -0.0714. The number of Topliss-reactive ketones (excluding diaryl/α,β-unsaturated/α-hetero) is 1. The van der Waals surface area contributed by atoms with Crippen molar-refractivity contribution < 1.29 is 14.0 Å². The molecule has 1 aliphatic heterocycles. The van der Waals surface area contributed by atoms with Gasteiger partial charge in [0.05, 0.1) is 29.0 Å². The van der Waals surface area contributed by atoms with E-state index in [-0.39, 0.29) is 22.8 Å². The van der Waals surface area contributed by atoms with E-state index in [0.29, 0.717) is 11.0 Å². The minimum atomic E-state index is -0.837. The number of amides is 1. The first-order chi connectivity index (χ1) is 9.91. The molecule has 5 nitrogen and oxygen atoms in total. The molecule has 0 radical (unpaired) electrons. The number of benzene rings is 1. The van der Waals surface area contributed by atoms with E-state index in [1.54, 1.807) is 11.6 Å². The lowest BCUT2D eigenvalue weighted by atomic mass is 10.1. The molecule has 21 heavy (non-hydrogen) atoms. The number of aromatic nitrogens is 2. The van der Waals surface area contributed by atoms with Crippen LogP contribution >= 0.6 is 23.2 Å². The van der Waals surface area contributed by atoms with Crippen LogP contribution in [0.1, 0.15) is 16.2 Å². The third kappa shape index (κ3) is 2.02. The fourth-order valence-corrected chi connectivity index (χ4v) is 2.60. The second-order valence-corrected chi connectivity index (χ2v) is 5.32. The Labute approximate surface area is 128 Å². The fraction of sp³-hybridized carbons (Fsp3) is 0.154. The molecule has 108 valence electrons. The van der Waals surface area contributed by atoms with E-state index in [1.165, 1.54) is 12.3 Å². The second kappa shape index (κ2) is 4.82. The quantitative estimate of drug-likeness (QED) is 0.796. The van der Waals surface area contributed by atoms with Crippen molar-refractivity contribution in [3.63, 3.8) is 0 Å². The number of ketones is 1. The van der Waals surface area contributed by atoms with Gasteiger partial charge < -0.3 is 4.57 Å². The molecular weight excluding hydrogens is 320 g/mol. The maximum Gasteiger partial charge on any atom is 0.300 e. The molecule has 0 fully saturated rings. The summed E-state index contributed by atoms with van der Waals surface area (Å²) >= 11 is 11.8. The first-order valence-electron chi connectivity index (χ1n) is 5.92. The molecule has 0 saturated carbocycles. The van der Waals surface area contributed by atoms with Gasteiger partial charge in [0.1, 0.15) is 16.8 Å². The third-order valence-electron chi connectivity index (χ3n) is 3.34. The van der Waals surface area contributed by atoms with Crippen molar-refractivity contribution in [2.24, 2.45) is 7.05 Å². The number of nitrogens with zero attached hydrogens (tertiary/aromatic N) is 3. The lowest BCUT2D eigenvalue weighted by molar-refractivity contribution is -0.114. The van der Waals surface area contributed by atoms with Gasteiger partial charge in [0, 0.05) is 7.05 Å². The predicted molar refractivity (Wildman–Crippen MR) is 75.1 cm³/mol. The minimum absolute atomic E-state index is 0.0464. The second-order valence-electron chi connectivity index (χ2n) is 4.53. The van der Waals surface area contributed by atoms with E-state index in [0.717, 1.165) is 11.0 Å². The molecule has 3 rings (SSSR count). The van der Waals surface area contributed by atoms with E-state index in [4.69, 9.17) is 23.2 Å². The lowest BCUT2D eigenvalue weighted by Gasteiger charge is -2.16. The first-order valence-corrected chi connectivity index (χ1v) is 6.67. The van der Waals surface area contributed by atoms with Crippen molar-refractivity contribution >= 4 is 40.6 Å². The number of fused-ring (bicyclic) bond motifs is 1. The Bertz CT molecular complexity index is 788. The van der Waals surface area contributed by atoms with Gasteiger partial charge in [0.25, 0.3) is 11.7 Å². The van der Waals surface area contributed by atoms with Gasteiger partial charge >= 0.3 is 0 Å². The lowest BCUT2D eigenvalue weighted by Crippen LogP contribution is -2.30. The van der Waals surface area contributed by atoms with E-state index >= 15 is 0 Å². The van der Waals surface area contributed by atoms with Gasteiger partial charge in [-0.2, -0.15) is 0 Å². The van der Waals surface area contributed by atoms with Crippen molar-refractivity contribution in [2.75, 3.05) is 4.90 Å². The molecule has 1 amide bonds. The standard InChI is InChI=1S/C13H8Cl2FN3O2/c1-18-8(15)4-17-9(18)5-19-11-7(16)3-2-6(14)10(11)12(20)13(19)21/h2-4H,5H2,1H3. The van der Waals surface area contributed by atoms with E-state index in [9.17, 15) is 14.0 Å². The van der Waals surface area contributed by atoms with Gasteiger partial charge in [-0.3, -0.25) is 14.5 Å². The van der Waals surface area contributed by atoms with Crippen LogP contribution < -0.4 is 4.90 Å². The zero-order valence-electron chi connectivity index (χ0n) is 10.7. The summed E-state index contributed by atoms with van der Waals surface area (Å²) in [5.41, 5.74) is -0.224. The number of carbonyl (C=O) groups excluding carboxylic acids is 2. The number of carbonyl (C=O) groups is 2. The molecular formula is C13H8Cl2FN3O2. The molecule has 1 aliphatic rings. The highest BCUT2D eigenvalue weighted by Crippen LogP contribution is 2.37. The Hall–Kier alpha value is -1.92. The maximum absolute atomic E-state index is 14.0. The molecule has 0 bridgehead atoms. The Morgan fingerprint density at radius 2 is 2.00 bits per heavy atom. The summed E-state index contributed by atoms with van der Waals surface area (Å²) in [5.74, 6) is -1.92. The van der Waals surface area contributed by atoms with Crippen LogP contribution in [-0.2, 0) is 18.4 Å². The summed E-state index contributed by atoms with van der Waals surface area (Å²) in [4.78, 5) is 29.1. The third-order valence-corrected chi connectivity index (χ3v) is 4.01. The molecule has 0 spiro atoms. The van der Waals surface area contributed by atoms with Crippen LogP contribution in [0, 0.1) is 5.82 Å². The normalized spacial score (nSPS) is 14.0. The number of halogens is 3. The van der Waals surface area contributed by atoms with Gasteiger partial charge in [0.15, 0.2) is 0 Å². The summed E-state index contributed by atoms with van der Waals surface area (Å²) in [5, 5.41) is 0.417. The Morgan fingerprint density at radius 3 is 2.62 bits per heavy atom. The molecule has 0 saturated heterocycles. The summed E-state index contributed by atoms with van der Waals surface area (Å²) in [6.07, 6.45) is 1.41. The van der Waals surface area contributed by atoms with Crippen molar-refractivity contribution in [1.82, 2.24) is 9.55 Å². The molecule has 1 aromatic carbocycles. The van der Waals surface area contributed by atoms with Crippen LogP contribution in [0.4, 0.5) is 10.1 Å². The van der Waals surface area contributed by atoms with Gasteiger partial charge in [-0.15, -0.1) is 0 Å². The SMILES string of the molecule is Cn1c(Cl)cnc1CN1C(=O)C(=O)c2c(Cl)ccc(F)c21. The van der Waals surface area contributed by atoms with Crippen molar-refractivity contribution in [3.8, 4) is 0 Å². The molecule has 0 unspecified atom stereocenters. The highest BCUT2D eigenvalue weighted by molar-refractivity contribution is 6.55. The van der Waals surface area contributed by atoms with E-state index in [2.05, 4.69) is 4.98 Å². The van der Waals surface area contributed by atoms with Crippen LogP contribution in [0.2, 0.25) is 10.2 Å². The molecule has 2 aromatic rings. The molecule has 0 N–H and O–H groups in total. The molecule has 8 heteroatoms. The molecule has 1 aromatic heterocycles. The summed E-state index contributed by atoms with van der Waals surface area (Å²) < 4.78 is 15.6. The van der Waals surface area contributed by atoms with Crippen LogP contribution in [0.15, 0.2) is 18.3 Å². The van der Waals surface area contributed by atoms with E-state index < -0.39 is 17.5 Å². The van der Waals surface area contributed by atoms with Crippen LogP contribution in [0.25, 0.3) is 0 Å². The Kier molecular flexibility index (Phi) is 3.22. The van der Waals surface area contributed by atoms with Crippen LogP contribution in [0.5, 0.6) is 0 Å². The number of anilines is 1. The monoisotopic (exact) mass is 327 g/mol. The minimum Gasteiger partial charge on any atom is -0.321 e. The van der Waals surface area contributed by atoms with Crippen LogP contribution in [0.3, 0.4) is 0 Å². The van der Waals surface area contributed by atoms with E-state index in [1.807, 2.05) is 0 Å². The Morgan fingerprint density at radius 1 is 1.29 bits per heavy atom. The fourth-order valence-electron chi connectivity index (χ4n) is 2.22. The number of hydrogen-bond donors (Lipinski definition) is 0. The van der Waals surface area contributed by atoms with Gasteiger partial charge in [-0.25, -0.2) is 9.37 Å². The maximum atomic E-state index is 14.0. The highest BCUT2D eigenvalue weighted by Gasteiger charge is 2.40. The average Bonchev–Trinajstić information content (AvgIpc) is 2.90. The molecule has 2 heterocycles. The van der Waals surface area contributed by atoms with Crippen molar-refractivity contribution in [2.45, 2.75) is 6.54 Å². The van der Waals surface area contributed by atoms with Crippen LogP contribution in [-0.4, -0.2) is 21.2 Å². The zero-order chi connectivity index (χ0) is 15.3. The predicted octanol–water partition coefficient (Wildman–Crippen LogP) is 2.60. The van der Waals surface area contributed by atoms with Gasteiger partial charge in [0.2, 0.25) is 0 Å². The average molecular weight is 328 g/mol. The zero-order valence-corrected chi connectivity index (χ0v) is 12.2. The topological polar surface area (TPSA) is 55.2 Å². The largest absolute Gasteiger partial charge is 0.321 e. The first kappa shape index (κ1) is 14.0. The number of imidazole rings is 1. The molecule has 0 atom stereocenters. The van der Waals surface area contributed by atoms with Crippen molar-refractivity contribution in [1.29, 1.82) is 0 Å².